The van der Waals surface area contributed by atoms with Crippen LogP contribution in [0.1, 0.15) is 56.1 Å². The van der Waals surface area contributed by atoms with E-state index in [4.69, 9.17) is 4.74 Å². The predicted octanol–water partition coefficient (Wildman–Crippen LogP) is 4.32. The Labute approximate surface area is 169 Å². The number of hydrogen-bond donors (Lipinski definition) is 0. The zero-order valence-electron chi connectivity index (χ0n) is 16.5. The Kier molecular flexibility index (Phi) is 6.51. The molecule has 0 N–H and O–H groups in total. The maximum atomic E-state index is 12.7. The van der Waals surface area contributed by atoms with Gasteiger partial charge in [-0.3, -0.25) is 9.59 Å². The standard InChI is InChI=1S/C22H25F2NO4/c1-28-20(27)17-12-22(13-25,10-9-19(17)26)18-8-7-16(29-21(23)24)11-15(18)4-2-3-14-5-6-14/h7-8,11,14,17,21H,2-6,9-10,12H2,1H3. The topological polar surface area (TPSA) is 76.4 Å². The predicted molar refractivity (Wildman–Crippen MR) is 100 cm³/mol. The summed E-state index contributed by atoms with van der Waals surface area (Å²) < 4.78 is 34.7. The summed E-state index contributed by atoms with van der Waals surface area (Å²) in [5.74, 6) is -1.06. The third-order valence-corrected chi connectivity index (χ3v) is 6.01. The fraction of sp³-hybridized carbons (Fsp3) is 0.591. The number of ether oxygens (including phenoxy) is 2. The van der Waals surface area contributed by atoms with Gasteiger partial charge in [0, 0.05) is 6.42 Å². The normalized spacial score (nSPS) is 24.2. The lowest BCUT2D eigenvalue weighted by Crippen LogP contribution is -2.41. The lowest BCUT2D eigenvalue weighted by molar-refractivity contribution is -0.151. The molecule has 0 saturated heterocycles. The summed E-state index contributed by atoms with van der Waals surface area (Å²) in [5, 5.41) is 10.1. The fourth-order valence-electron chi connectivity index (χ4n) is 4.25. The molecule has 2 unspecified atom stereocenters. The van der Waals surface area contributed by atoms with Gasteiger partial charge in [0.1, 0.15) is 17.5 Å². The van der Waals surface area contributed by atoms with Gasteiger partial charge in [0.25, 0.3) is 0 Å². The largest absolute Gasteiger partial charge is 0.468 e. The Morgan fingerprint density at radius 1 is 1.38 bits per heavy atom. The number of halogens is 2. The zero-order chi connectivity index (χ0) is 21.0. The Hall–Kier alpha value is -2.49. The van der Waals surface area contributed by atoms with Crippen molar-refractivity contribution in [3.8, 4) is 11.8 Å². The Bertz CT molecular complexity index is 808. The molecule has 156 valence electrons. The molecule has 1 aromatic rings. The first-order valence-electron chi connectivity index (χ1n) is 9.98. The number of benzene rings is 1. The first kappa shape index (κ1) is 21.2. The van der Waals surface area contributed by atoms with Crippen LogP contribution in [0.5, 0.6) is 5.75 Å². The zero-order valence-corrected chi connectivity index (χ0v) is 16.5. The van der Waals surface area contributed by atoms with Crippen LogP contribution >= 0.6 is 0 Å². The number of carbonyl (C=O) groups is 2. The SMILES string of the molecule is COC(=O)C1CC(C#N)(c2ccc(OC(F)F)cc2CCCC2CC2)CCC1=O. The number of rotatable bonds is 8. The van der Waals surface area contributed by atoms with Crippen molar-refractivity contribution >= 4 is 11.8 Å². The molecule has 2 fully saturated rings. The number of carbonyl (C=O) groups excluding carboxylic acids is 2. The van der Waals surface area contributed by atoms with Crippen LogP contribution in [0.3, 0.4) is 0 Å². The Morgan fingerprint density at radius 2 is 2.14 bits per heavy atom. The first-order valence-corrected chi connectivity index (χ1v) is 9.98. The minimum Gasteiger partial charge on any atom is -0.468 e. The number of ketones is 1. The summed E-state index contributed by atoms with van der Waals surface area (Å²) in [7, 11) is 1.22. The molecule has 0 heterocycles. The molecule has 3 rings (SSSR count). The van der Waals surface area contributed by atoms with Crippen LogP contribution in [-0.4, -0.2) is 25.5 Å². The van der Waals surface area contributed by atoms with E-state index in [1.54, 1.807) is 12.1 Å². The van der Waals surface area contributed by atoms with E-state index in [2.05, 4.69) is 10.8 Å². The van der Waals surface area contributed by atoms with E-state index >= 15 is 0 Å². The molecule has 0 aliphatic heterocycles. The average Bonchev–Trinajstić information content (AvgIpc) is 3.52. The number of esters is 1. The molecule has 2 saturated carbocycles. The summed E-state index contributed by atoms with van der Waals surface area (Å²) in [6.07, 6.45) is 5.47. The third-order valence-electron chi connectivity index (χ3n) is 6.01. The number of nitrogens with zero attached hydrogens (tertiary/aromatic N) is 1. The quantitative estimate of drug-likeness (QED) is 0.475. The van der Waals surface area contributed by atoms with E-state index in [1.807, 2.05) is 0 Å². The van der Waals surface area contributed by atoms with Gasteiger partial charge in [-0.05, 0) is 54.9 Å². The van der Waals surface area contributed by atoms with Gasteiger partial charge in [0.05, 0.1) is 18.6 Å². The smallest absolute Gasteiger partial charge is 0.387 e. The van der Waals surface area contributed by atoms with E-state index in [1.165, 1.54) is 26.0 Å². The van der Waals surface area contributed by atoms with Crippen LogP contribution in [0, 0.1) is 23.2 Å². The molecule has 0 radical (unpaired) electrons. The third kappa shape index (κ3) is 4.92. The van der Waals surface area contributed by atoms with Gasteiger partial charge in [-0.1, -0.05) is 25.3 Å². The molecule has 0 aromatic heterocycles. The van der Waals surface area contributed by atoms with Crippen LogP contribution < -0.4 is 4.74 Å². The van der Waals surface area contributed by atoms with Crippen molar-refractivity contribution in [3.05, 3.63) is 29.3 Å². The van der Waals surface area contributed by atoms with E-state index in [-0.39, 0.29) is 24.4 Å². The highest BCUT2D eigenvalue weighted by Gasteiger charge is 2.46. The lowest BCUT2D eigenvalue weighted by Gasteiger charge is -2.35. The Balaban J connectivity index is 1.92. The highest BCUT2D eigenvalue weighted by molar-refractivity contribution is 6.00. The minimum absolute atomic E-state index is 0.0414. The van der Waals surface area contributed by atoms with E-state index in [0.717, 1.165) is 24.3 Å². The summed E-state index contributed by atoms with van der Waals surface area (Å²) in [6.45, 7) is -2.93. The van der Waals surface area contributed by atoms with Crippen molar-refractivity contribution in [1.82, 2.24) is 0 Å². The van der Waals surface area contributed by atoms with E-state index < -0.39 is 23.9 Å². The maximum absolute atomic E-state index is 12.7. The molecular formula is C22H25F2NO4. The monoisotopic (exact) mass is 405 g/mol. The molecule has 29 heavy (non-hydrogen) atoms. The van der Waals surface area contributed by atoms with Gasteiger partial charge in [-0.25, -0.2) is 0 Å². The second-order valence-electron chi connectivity index (χ2n) is 7.97. The number of hydrogen-bond acceptors (Lipinski definition) is 5. The Morgan fingerprint density at radius 3 is 2.76 bits per heavy atom. The molecule has 2 atom stereocenters. The highest BCUT2D eigenvalue weighted by atomic mass is 19.3. The second-order valence-corrected chi connectivity index (χ2v) is 7.97. The summed E-state index contributed by atoms with van der Waals surface area (Å²) in [4.78, 5) is 24.3. The molecule has 2 aliphatic carbocycles. The fourth-order valence-corrected chi connectivity index (χ4v) is 4.25. The van der Waals surface area contributed by atoms with Crippen molar-refractivity contribution < 1.29 is 27.8 Å². The maximum Gasteiger partial charge on any atom is 0.387 e. The summed E-state index contributed by atoms with van der Waals surface area (Å²) in [6, 6.07) is 6.95. The van der Waals surface area contributed by atoms with Gasteiger partial charge in [-0.2, -0.15) is 14.0 Å². The lowest BCUT2D eigenvalue weighted by atomic mass is 9.65. The molecule has 0 bridgehead atoms. The molecule has 5 nitrogen and oxygen atoms in total. The summed E-state index contributed by atoms with van der Waals surface area (Å²) >= 11 is 0. The van der Waals surface area contributed by atoms with Gasteiger partial charge in [-0.15, -0.1) is 0 Å². The van der Waals surface area contributed by atoms with Crippen LogP contribution in [0.4, 0.5) is 8.78 Å². The van der Waals surface area contributed by atoms with Crippen molar-refractivity contribution in [2.45, 2.75) is 63.4 Å². The average molecular weight is 405 g/mol. The highest BCUT2D eigenvalue weighted by Crippen LogP contribution is 2.43. The number of Topliss-reactive ketones (excluding diaryl/α,β-unsaturated/α-hetero) is 1. The van der Waals surface area contributed by atoms with E-state index in [0.29, 0.717) is 18.4 Å². The number of alkyl halides is 2. The molecular weight excluding hydrogens is 380 g/mol. The van der Waals surface area contributed by atoms with Gasteiger partial charge in [0.2, 0.25) is 0 Å². The number of aryl methyl sites for hydroxylation is 1. The van der Waals surface area contributed by atoms with Crippen molar-refractivity contribution in [1.29, 1.82) is 5.26 Å². The first-order chi connectivity index (χ1) is 13.9. The second kappa shape index (κ2) is 8.89. The van der Waals surface area contributed by atoms with Crippen LogP contribution in [0.2, 0.25) is 0 Å². The van der Waals surface area contributed by atoms with Crippen molar-refractivity contribution in [2.24, 2.45) is 11.8 Å². The van der Waals surface area contributed by atoms with Gasteiger partial charge >= 0.3 is 12.6 Å². The van der Waals surface area contributed by atoms with Crippen LogP contribution in [0.15, 0.2) is 18.2 Å². The van der Waals surface area contributed by atoms with Crippen molar-refractivity contribution in [2.75, 3.05) is 7.11 Å². The number of methoxy groups -OCH3 is 1. The molecule has 0 amide bonds. The molecule has 7 heteroatoms. The van der Waals surface area contributed by atoms with Crippen LogP contribution in [-0.2, 0) is 26.2 Å². The molecule has 1 aromatic carbocycles. The molecule has 2 aliphatic rings. The summed E-state index contributed by atoms with van der Waals surface area (Å²) in [5.41, 5.74) is 0.424. The van der Waals surface area contributed by atoms with E-state index in [9.17, 15) is 23.6 Å². The molecule has 0 spiro atoms. The van der Waals surface area contributed by atoms with Gasteiger partial charge in [0.15, 0.2) is 0 Å². The minimum atomic E-state index is -2.93. The van der Waals surface area contributed by atoms with Crippen molar-refractivity contribution in [3.63, 3.8) is 0 Å². The van der Waals surface area contributed by atoms with Crippen LogP contribution in [0.25, 0.3) is 0 Å². The number of nitriles is 1. The van der Waals surface area contributed by atoms with Gasteiger partial charge < -0.3 is 9.47 Å².